The van der Waals surface area contributed by atoms with Crippen molar-refractivity contribution in [1.82, 2.24) is 14.5 Å². The van der Waals surface area contributed by atoms with Gasteiger partial charge < -0.3 is 10.2 Å². The maximum absolute atomic E-state index is 12.5. The molecular weight excluding hydrogens is 250 g/mol. The minimum atomic E-state index is -3.12. The van der Waals surface area contributed by atoms with Gasteiger partial charge in [0, 0.05) is 25.2 Å². The lowest BCUT2D eigenvalue weighted by molar-refractivity contribution is 0.290. The first-order valence-electron chi connectivity index (χ1n) is 6.90. The van der Waals surface area contributed by atoms with Gasteiger partial charge in [0.05, 0.1) is 5.75 Å². The molecule has 0 aliphatic carbocycles. The fourth-order valence-electron chi connectivity index (χ4n) is 3.01. The van der Waals surface area contributed by atoms with Gasteiger partial charge in [0.15, 0.2) is 0 Å². The summed E-state index contributed by atoms with van der Waals surface area (Å²) < 4.78 is 26.7. The highest BCUT2D eigenvalue weighted by Gasteiger charge is 2.32. The van der Waals surface area contributed by atoms with Crippen molar-refractivity contribution in [3.8, 4) is 0 Å². The zero-order valence-corrected chi connectivity index (χ0v) is 12.2. The van der Waals surface area contributed by atoms with Gasteiger partial charge in [-0.1, -0.05) is 0 Å². The zero-order chi connectivity index (χ0) is 13.2. The molecule has 0 saturated carbocycles. The predicted molar refractivity (Wildman–Crippen MR) is 73.1 cm³/mol. The molecule has 2 saturated heterocycles. The van der Waals surface area contributed by atoms with E-state index < -0.39 is 10.0 Å². The Morgan fingerprint density at radius 3 is 2.72 bits per heavy atom. The van der Waals surface area contributed by atoms with Crippen molar-refractivity contribution in [1.29, 1.82) is 0 Å². The molecule has 0 amide bonds. The lowest BCUT2D eigenvalue weighted by Gasteiger charge is -2.28. The van der Waals surface area contributed by atoms with Gasteiger partial charge in [0.2, 0.25) is 10.0 Å². The lowest BCUT2D eigenvalue weighted by Crippen LogP contribution is -2.46. The van der Waals surface area contributed by atoms with E-state index in [2.05, 4.69) is 17.3 Å². The molecule has 0 bridgehead atoms. The minimum Gasteiger partial charge on any atom is -0.313 e. The molecule has 2 rings (SSSR count). The van der Waals surface area contributed by atoms with Crippen LogP contribution in [0.15, 0.2) is 0 Å². The highest BCUT2D eigenvalue weighted by Crippen LogP contribution is 2.17. The van der Waals surface area contributed by atoms with E-state index in [1.807, 2.05) is 6.92 Å². The number of hydrogen-bond acceptors (Lipinski definition) is 4. The van der Waals surface area contributed by atoms with E-state index in [0.717, 1.165) is 38.9 Å². The summed E-state index contributed by atoms with van der Waals surface area (Å²) in [6.07, 6.45) is 3.01. The van der Waals surface area contributed by atoms with Crippen LogP contribution >= 0.6 is 0 Å². The van der Waals surface area contributed by atoms with Gasteiger partial charge in [-0.05, 0) is 46.3 Å². The molecule has 0 spiro atoms. The average Bonchev–Trinajstić information content (AvgIpc) is 2.68. The van der Waals surface area contributed by atoms with Gasteiger partial charge in [-0.25, -0.2) is 8.42 Å². The molecule has 106 valence electrons. The van der Waals surface area contributed by atoms with E-state index in [0.29, 0.717) is 6.54 Å². The number of sulfonamides is 1. The van der Waals surface area contributed by atoms with Crippen LogP contribution in [-0.4, -0.2) is 68.7 Å². The second kappa shape index (κ2) is 5.86. The maximum atomic E-state index is 12.5. The van der Waals surface area contributed by atoms with Crippen molar-refractivity contribution in [2.75, 3.05) is 39.0 Å². The molecule has 0 aromatic carbocycles. The van der Waals surface area contributed by atoms with E-state index >= 15 is 0 Å². The fourth-order valence-corrected chi connectivity index (χ4v) is 5.02. The third kappa shape index (κ3) is 3.44. The molecule has 1 N–H and O–H groups in total. The number of hydrogen-bond donors (Lipinski definition) is 1. The largest absolute Gasteiger partial charge is 0.313 e. The first-order valence-corrected chi connectivity index (χ1v) is 8.51. The minimum absolute atomic E-state index is 0.0869. The van der Waals surface area contributed by atoms with Crippen LogP contribution < -0.4 is 5.32 Å². The summed E-state index contributed by atoms with van der Waals surface area (Å²) in [5.74, 6) is 0.265. The number of rotatable bonds is 3. The molecular formula is C12H25N3O2S. The third-order valence-corrected chi connectivity index (χ3v) is 6.00. The number of nitrogens with one attached hydrogen (secondary N) is 1. The van der Waals surface area contributed by atoms with Crippen LogP contribution in [0.3, 0.4) is 0 Å². The highest BCUT2D eigenvalue weighted by molar-refractivity contribution is 7.89. The van der Waals surface area contributed by atoms with Gasteiger partial charge in [-0.3, -0.25) is 0 Å². The smallest absolute Gasteiger partial charge is 0.215 e. The summed E-state index contributed by atoms with van der Waals surface area (Å²) in [7, 11) is -1.06. The molecule has 5 nitrogen and oxygen atoms in total. The first-order chi connectivity index (χ1) is 8.49. The quantitative estimate of drug-likeness (QED) is 0.793. The molecule has 2 heterocycles. The molecule has 0 aromatic heterocycles. The van der Waals surface area contributed by atoms with Gasteiger partial charge in [-0.2, -0.15) is 4.31 Å². The van der Waals surface area contributed by atoms with Gasteiger partial charge >= 0.3 is 0 Å². The standard InChI is InChI=1S/C12H25N3O2S/c1-11-9-14(2)7-4-8-15(11)18(16,17)10-12-5-3-6-13-12/h11-13H,3-10H2,1-2H3. The van der Waals surface area contributed by atoms with Crippen LogP contribution in [0.2, 0.25) is 0 Å². The van der Waals surface area contributed by atoms with Crippen molar-refractivity contribution in [2.24, 2.45) is 0 Å². The van der Waals surface area contributed by atoms with Crippen LogP contribution in [0.1, 0.15) is 26.2 Å². The Morgan fingerprint density at radius 1 is 1.28 bits per heavy atom. The summed E-state index contributed by atoms with van der Waals surface area (Å²) in [4.78, 5) is 2.22. The van der Waals surface area contributed by atoms with Crippen molar-refractivity contribution in [3.05, 3.63) is 0 Å². The maximum Gasteiger partial charge on any atom is 0.215 e. The van der Waals surface area contributed by atoms with Crippen molar-refractivity contribution in [3.63, 3.8) is 0 Å². The monoisotopic (exact) mass is 275 g/mol. The summed E-state index contributed by atoms with van der Waals surface area (Å²) >= 11 is 0. The van der Waals surface area contributed by atoms with Crippen molar-refractivity contribution in [2.45, 2.75) is 38.3 Å². The Bertz CT molecular complexity index is 366. The van der Waals surface area contributed by atoms with Crippen LogP contribution in [0.5, 0.6) is 0 Å². The first kappa shape index (κ1) is 14.2. The Morgan fingerprint density at radius 2 is 2.06 bits per heavy atom. The number of nitrogens with zero attached hydrogens (tertiary/aromatic N) is 2. The SMILES string of the molecule is CC1CN(C)CCCN1S(=O)(=O)CC1CCCN1. The molecule has 2 aliphatic rings. The van der Waals surface area contributed by atoms with Crippen LogP contribution in [0, 0.1) is 0 Å². The predicted octanol–water partition coefficient (Wildman–Crippen LogP) is 0.0942. The topological polar surface area (TPSA) is 52.7 Å². The van der Waals surface area contributed by atoms with Gasteiger partial charge in [-0.15, -0.1) is 0 Å². The normalized spacial score (nSPS) is 32.6. The second-order valence-corrected chi connectivity index (χ2v) is 7.61. The fraction of sp³-hybridized carbons (Fsp3) is 1.00. The summed E-state index contributed by atoms with van der Waals surface area (Å²) in [6, 6.07) is 0.243. The lowest BCUT2D eigenvalue weighted by atomic mass is 10.3. The molecule has 2 unspecified atom stereocenters. The highest BCUT2D eigenvalue weighted by atomic mass is 32.2. The van der Waals surface area contributed by atoms with E-state index in [9.17, 15) is 8.42 Å². The zero-order valence-electron chi connectivity index (χ0n) is 11.4. The average molecular weight is 275 g/mol. The van der Waals surface area contributed by atoms with Crippen molar-refractivity contribution >= 4 is 10.0 Å². The Balaban J connectivity index is 2.02. The Hall–Kier alpha value is -0.170. The molecule has 0 radical (unpaired) electrons. The Kier molecular flexibility index (Phi) is 4.64. The molecule has 0 aromatic rings. The van der Waals surface area contributed by atoms with Crippen LogP contribution in [0.4, 0.5) is 0 Å². The summed E-state index contributed by atoms with van der Waals surface area (Å²) in [5, 5.41) is 3.27. The second-order valence-electron chi connectivity index (χ2n) is 5.65. The van der Waals surface area contributed by atoms with Gasteiger partial charge in [0.1, 0.15) is 0 Å². The molecule has 6 heteroatoms. The van der Waals surface area contributed by atoms with Crippen LogP contribution in [0.25, 0.3) is 0 Å². The molecule has 2 aliphatic heterocycles. The van der Waals surface area contributed by atoms with E-state index in [1.165, 1.54) is 0 Å². The van der Waals surface area contributed by atoms with E-state index in [1.54, 1.807) is 4.31 Å². The third-order valence-electron chi connectivity index (χ3n) is 3.92. The number of likely N-dealkylation sites (N-methyl/N-ethyl adjacent to an activating group) is 1. The summed E-state index contributed by atoms with van der Waals surface area (Å²) in [6.45, 7) is 5.45. The molecule has 18 heavy (non-hydrogen) atoms. The van der Waals surface area contributed by atoms with Gasteiger partial charge in [0.25, 0.3) is 0 Å². The summed E-state index contributed by atoms with van der Waals surface area (Å²) in [5.41, 5.74) is 0. The molecule has 2 fully saturated rings. The molecule has 2 atom stereocenters. The van der Waals surface area contributed by atoms with Crippen LogP contribution in [-0.2, 0) is 10.0 Å². The Labute approximate surface area is 111 Å². The van der Waals surface area contributed by atoms with Crippen molar-refractivity contribution < 1.29 is 8.42 Å². The van der Waals surface area contributed by atoms with E-state index in [-0.39, 0.29) is 17.8 Å². The van der Waals surface area contributed by atoms with E-state index in [4.69, 9.17) is 0 Å².